The first-order valence-corrected chi connectivity index (χ1v) is 29.4. The Labute approximate surface area is 432 Å². The van der Waals surface area contributed by atoms with Crippen LogP contribution < -0.4 is 46.4 Å². The molecule has 0 fully saturated rings. The van der Waals surface area contributed by atoms with Gasteiger partial charge in [0, 0.05) is 41.0 Å². The summed E-state index contributed by atoms with van der Waals surface area (Å²) in [5.41, 5.74) is 8.94. The molecule has 5 nitrogen and oxygen atoms in total. The minimum absolute atomic E-state index is 0.872. The lowest BCUT2D eigenvalue weighted by molar-refractivity contribution is 0.959. The molecule has 3 aromatic heterocycles. The van der Waals surface area contributed by atoms with Crippen molar-refractivity contribution in [2.75, 3.05) is 4.90 Å². The largest absolute Gasteiger partial charge is 0.327 e. The van der Waals surface area contributed by atoms with E-state index in [1.165, 1.54) is 63.6 Å². The quantitative estimate of drug-likeness (QED) is 0.107. The highest BCUT2D eigenvalue weighted by molar-refractivity contribution is 7.22. The molecular weight excluding hydrogens is 931 g/mol. The van der Waals surface area contributed by atoms with Gasteiger partial charge in [-0.25, -0.2) is 9.97 Å². The number of hydrogen-bond acceptors (Lipinski definition) is 3. The van der Waals surface area contributed by atoms with Gasteiger partial charge in [0.05, 0.1) is 27.8 Å². The van der Waals surface area contributed by atoms with Crippen LogP contribution in [0.25, 0.3) is 50.0 Å². The van der Waals surface area contributed by atoms with Gasteiger partial charge in [-0.1, -0.05) is 218 Å². The van der Waals surface area contributed by atoms with E-state index >= 15 is 0 Å². The van der Waals surface area contributed by atoms with Crippen molar-refractivity contribution in [3.63, 3.8) is 0 Å². The average molecular weight is 980 g/mol. The van der Waals surface area contributed by atoms with Crippen molar-refractivity contribution in [3.05, 3.63) is 279 Å². The van der Waals surface area contributed by atoms with Crippen molar-refractivity contribution in [1.82, 2.24) is 19.1 Å². The Morgan fingerprint density at radius 2 is 1.03 bits per heavy atom. The zero-order chi connectivity index (χ0) is 49.2. The second-order valence-corrected chi connectivity index (χ2v) is 26.9. The van der Waals surface area contributed by atoms with Crippen LogP contribution in [0.4, 0.5) is 17.1 Å². The SMILES string of the molecule is Cn1c(-c2cccc([Si](c3ccccc3)(c3ccccc3)c3ccc4c5c6c(ccc5n(-c5ccccn5)c4c3)[Si](c3ccccc3)(c3ccccc3)c3ccccc3N6c3ccccc3)c2)nc2ccccc21. The summed E-state index contributed by atoms with van der Waals surface area (Å²) in [6, 6.07) is 101. The second kappa shape index (κ2) is 17.6. The second-order valence-electron chi connectivity index (χ2n) is 19.3. The molecule has 0 saturated heterocycles. The molecule has 0 N–H and O–H groups in total. The number of hydrogen-bond donors (Lipinski definition) is 0. The van der Waals surface area contributed by atoms with Crippen LogP contribution >= 0.6 is 0 Å². The number of nitrogens with zero attached hydrogens (tertiary/aromatic N) is 5. The van der Waals surface area contributed by atoms with Gasteiger partial charge in [0.1, 0.15) is 11.6 Å². The number of aromatic nitrogens is 4. The van der Waals surface area contributed by atoms with Crippen LogP contribution in [0.15, 0.2) is 279 Å². The smallest absolute Gasteiger partial charge is 0.184 e. The van der Waals surface area contributed by atoms with E-state index in [0.29, 0.717) is 0 Å². The van der Waals surface area contributed by atoms with Gasteiger partial charge in [0.15, 0.2) is 16.1 Å². The van der Waals surface area contributed by atoms with Crippen molar-refractivity contribution >= 4 is 108 Å². The summed E-state index contributed by atoms with van der Waals surface area (Å²) in [6.07, 6.45) is 1.92. The predicted octanol–water partition coefficient (Wildman–Crippen LogP) is 10.3. The van der Waals surface area contributed by atoms with Crippen LogP contribution in [0.2, 0.25) is 0 Å². The molecule has 350 valence electrons. The lowest BCUT2D eigenvalue weighted by Crippen LogP contribution is -2.77. The van der Waals surface area contributed by atoms with Crippen LogP contribution in [-0.4, -0.2) is 35.2 Å². The zero-order valence-electron chi connectivity index (χ0n) is 40.8. The Bertz CT molecular complexity index is 4120. The van der Waals surface area contributed by atoms with Gasteiger partial charge in [0.25, 0.3) is 0 Å². The summed E-state index contributed by atoms with van der Waals surface area (Å²) < 4.78 is 4.66. The van der Waals surface area contributed by atoms with Crippen molar-refractivity contribution in [2.24, 2.45) is 7.05 Å². The normalized spacial score (nSPS) is 13.0. The van der Waals surface area contributed by atoms with Gasteiger partial charge < -0.3 is 9.47 Å². The molecular formula is C67H49N5Si2. The molecule has 0 aliphatic carbocycles. The Morgan fingerprint density at radius 1 is 0.432 bits per heavy atom. The van der Waals surface area contributed by atoms with Gasteiger partial charge in [-0.3, -0.25) is 4.57 Å². The van der Waals surface area contributed by atoms with E-state index in [1.807, 2.05) is 12.3 Å². The number of aryl methyl sites for hydroxylation is 1. The maximum atomic E-state index is 5.23. The van der Waals surface area contributed by atoms with Crippen molar-refractivity contribution in [1.29, 1.82) is 0 Å². The maximum Gasteiger partial charge on any atom is 0.184 e. The van der Waals surface area contributed by atoms with E-state index in [-0.39, 0.29) is 0 Å². The van der Waals surface area contributed by atoms with Gasteiger partial charge in [0.2, 0.25) is 0 Å². The molecule has 14 rings (SSSR count). The molecule has 74 heavy (non-hydrogen) atoms. The highest BCUT2D eigenvalue weighted by atomic mass is 28.3. The lowest BCUT2D eigenvalue weighted by Gasteiger charge is -2.45. The number of anilines is 3. The molecule has 13 aromatic rings. The van der Waals surface area contributed by atoms with Crippen LogP contribution in [0.1, 0.15) is 0 Å². The molecule has 0 saturated carbocycles. The number of pyridine rings is 1. The molecule has 0 bridgehead atoms. The van der Waals surface area contributed by atoms with Gasteiger partial charge in [-0.15, -0.1) is 0 Å². The Balaban J connectivity index is 1.13. The molecule has 0 spiro atoms. The molecule has 1 aliphatic rings. The van der Waals surface area contributed by atoms with Gasteiger partial charge >= 0.3 is 0 Å². The summed E-state index contributed by atoms with van der Waals surface area (Å²) in [5, 5.41) is 13.0. The summed E-state index contributed by atoms with van der Waals surface area (Å²) in [6.45, 7) is 0. The summed E-state index contributed by atoms with van der Waals surface area (Å²) in [7, 11) is -4.02. The highest BCUT2D eigenvalue weighted by Gasteiger charge is 2.50. The Kier molecular flexibility index (Phi) is 10.4. The first-order valence-electron chi connectivity index (χ1n) is 25.4. The van der Waals surface area contributed by atoms with Gasteiger partial charge in [-0.05, 0) is 96.1 Å². The van der Waals surface area contributed by atoms with Crippen LogP contribution in [0.5, 0.6) is 0 Å². The number of fused-ring (bicyclic) bond motifs is 7. The first-order chi connectivity index (χ1) is 36.7. The lowest BCUT2D eigenvalue weighted by atomic mass is 10.1. The standard InChI is InChI=1S/C67H49N5Si2/c1-70-58-37-18-17-36-57(58)69-67(70)48-24-23-35-54(46-48)73(50-27-9-3-10-28-50,51-29-11-4-12-30-51)55-41-42-56-61(47-55)72(64-40-21-22-45-68-64)60-43-44-63-66(65(56)60)71(49-25-7-2-8-26-49)59-38-19-20-39-62(59)74(63,52-31-13-5-14-32-52)53-33-15-6-16-34-53/h2-47H,1H3. The van der Waals surface area contributed by atoms with E-state index in [1.54, 1.807) is 0 Å². The van der Waals surface area contributed by atoms with E-state index < -0.39 is 16.1 Å². The summed E-state index contributed by atoms with van der Waals surface area (Å²) in [5.74, 6) is 1.82. The van der Waals surface area contributed by atoms with Crippen LogP contribution in [0, 0.1) is 0 Å². The third kappa shape index (κ3) is 6.47. The molecule has 10 aromatic carbocycles. The van der Waals surface area contributed by atoms with Crippen molar-refractivity contribution < 1.29 is 0 Å². The summed E-state index contributed by atoms with van der Waals surface area (Å²) in [4.78, 5) is 13.0. The fourth-order valence-electron chi connectivity index (χ4n) is 12.5. The topological polar surface area (TPSA) is 38.9 Å². The third-order valence-electron chi connectivity index (χ3n) is 15.6. The Hall–Kier alpha value is -9.15. The molecule has 1 aliphatic heterocycles. The molecule has 0 atom stereocenters. The monoisotopic (exact) mass is 979 g/mol. The molecule has 0 radical (unpaired) electrons. The Morgan fingerprint density at radius 3 is 1.70 bits per heavy atom. The first kappa shape index (κ1) is 43.6. The predicted molar refractivity (Wildman–Crippen MR) is 314 cm³/mol. The van der Waals surface area contributed by atoms with Gasteiger partial charge in [-0.2, -0.15) is 0 Å². The molecule has 7 heteroatoms. The third-order valence-corrected chi connectivity index (χ3v) is 25.2. The number of benzene rings is 10. The maximum absolute atomic E-state index is 5.23. The fourth-order valence-corrected chi connectivity index (χ4v) is 22.4. The van der Waals surface area contributed by atoms with E-state index in [0.717, 1.165) is 45.0 Å². The average Bonchev–Trinajstić information content (AvgIpc) is 4.05. The number of imidazole rings is 1. The van der Waals surface area contributed by atoms with Crippen LogP contribution in [-0.2, 0) is 7.05 Å². The van der Waals surface area contributed by atoms with Crippen LogP contribution in [0.3, 0.4) is 0 Å². The molecule has 4 heterocycles. The van der Waals surface area contributed by atoms with E-state index in [2.05, 4.69) is 288 Å². The highest BCUT2D eigenvalue weighted by Crippen LogP contribution is 2.45. The minimum Gasteiger partial charge on any atom is -0.327 e. The van der Waals surface area contributed by atoms with Crippen molar-refractivity contribution in [2.45, 2.75) is 0 Å². The fraction of sp³-hybridized carbons (Fsp3) is 0.0149. The summed E-state index contributed by atoms with van der Waals surface area (Å²) >= 11 is 0. The van der Waals surface area contributed by atoms with E-state index in [9.17, 15) is 0 Å². The number of rotatable bonds is 9. The molecule has 0 unspecified atom stereocenters. The molecule has 0 amide bonds. The van der Waals surface area contributed by atoms with E-state index in [4.69, 9.17) is 9.97 Å². The van der Waals surface area contributed by atoms with Crippen molar-refractivity contribution in [3.8, 4) is 17.2 Å². The zero-order valence-corrected chi connectivity index (χ0v) is 42.8. The number of para-hydroxylation sites is 4. The minimum atomic E-state index is -3.14.